The minimum Gasteiger partial charge on any atom is -0.497 e. The third-order valence-corrected chi connectivity index (χ3v) is 2.53. The summed E-state index contributed by atoms with van der Waals surface area (Å²) in [5, 5.41) is 0. The van der Waals surface area contributed by atoms with E-state index in [-0.39, 0.29) is 0 Å². The zero-order valence-electron chi connectivity index (χ0n) is 7.95. The highest BCUT2D eigenvalue weighted by Crippen LogP contribution is 2.19. The predicted octanol–water partition coefficient (Wildman–Crippen LogP) is 1.80. The number of benzene rings is 1. The lowest BCUT2D eigenvalue weighted by molar-refractivity contribution is 0.414. The molecule has 0 saturated heterocycles. The van der Waals surface area contributed by atoms with Gasteiger partial charge in [-0.15, -0.1) is 3.89 Å². The molecule has 1 aromatic rings. The number of ether oxygens (including phenoxy) is 1. The molecule has 1 rings (SSSR count). The van der Waals surface area contributed by atoms with Crippen molar-refractivity contribution in [1.29, 1.82) is 0 Å². The summed E-state index contributed by atoms with van der Waals surface area (Å²) in [5.41, 5.74) is 1.15. The highest BCUT2D eigenvalue weighted by Gasteiger charge is 2.11. The summed E-state index contributed by atoms with van der Waals surface area (Å²) in [6.45, 7) is 1.71. The van der Waals surface area contributed by atoms with Gasteiger partial charge in [-0.2, -0.15) is 8.42 Å². The second-order valence-corrected chi connectivity index (χ2v) is 4.34. The van der Waals surface area contributed by atoms with Crippen molar-refractivity contribution < 1.29 is 17.0 Å². The maximum Gasteiger partial charge on any atom is 0.306 e. The van der Waals surface area contributed by atoms with Crippen molar-refractivity contribution in [3.63, 3.8) is 0 Å². The van der Waals surface area contributed by atoms with Crippen molar-refractivity contribution in [2.24, 2.45) is 0 Å². The molecule has 3 nitrogen and oxygen atoms in total. The van der Waals surface area contributed by atoms with Gasteiger partial charge in [-0.25, -0.2) is 0 Å². The van der Waals surface area contributed by atoms with Crippen molar-refractivity contribution in [1.82, 2.24) is 0 Å². The number of methoxy groups -OCH3 is 1. The molecule has 0 unspecified atom stereocenters. The van der Waals surface area contributed by atoms with Crippen LogP contribution in [0.15, 0.2) is 18.2 Å². The first-order chi connectivity index (χ1) is 6.42. The average molecular weight is 218 g/mol. The van der Waals surface area contributed by atoms with E-state index in [1.165, 1.54) is 7.11 Å². The van der Waals surface area contributed by atoms with Crippen LogP contribution >= 0.6 is 0 Å². The zero-order chi connectivity index (χ0) is 10.8. The molecule has 0 N–H and O–H groups in total. The third-order valence-electron chi connectivity index (χ3n) is 1.88. The molecule has 0 heterocycles. The Morgan fingerprint density at radius 3 is 2.50 bits per heavy atom. The van der Waals surface area contributed by atoms with E-state index in [4.69, 9.17) is 4.74 Å². The Labute approximate surface area is 82.7 Å². The van der Waals surface area contributed by atoms with Gasteiger partial charge in [-0.3, -0.25) is 0 Å². The Hall–Kier alpha value is -1.10. The van der Waals surface area contributed by atoms with Crippen LogP contribution in [0.3, 0.4) is 0 Å². The molecule has 0 spiro atoms. The second-order valence-electron chi connectivity index (χ2n) is 2.98. The van der Waals surface area contributed by atoms with Crippen LogP contribution in [-0.4, -0.2) is 15.5 Å². The van der Waals surface area contributed by atoms with E-state index in [1.54, 1.807) is 25.1 Å². The third kappa shape index (κ3) is 2.99. The lowest BCUT2D eigenvalue weighted by atomic mass is 10.1. The average Bonchev–Trinajstić information content (AvgIpc) is 2.06. The van der Waals surface area contributed by atoms with Crippen LogP contribution in [0.4, 0.5) is 3.89 Å². The number of hydrogen-bond donors (Lipinski definition) is 0. The lowest BCUT2D eigenvalue weighted by Crippen LogP contribution is -1.98. The van der Waals surface area contributed by atoms with Crippen molar-refractivity contribution in [2.45, 2.75) is 12.7 Å². The van der Waals surface area contributed by atoms with E-state index in [0.717, 1.165) is 0 Å². The highest BCUT2D eigenvalue weighted by atomic mass is 32.3. The molecule has 0 bridgehead atoms. The minimum atomic E-state index is -4.46. The summed E-state index contributed by atoms with van der Waals surface area (Å²) in [7, 11) is -2.95. The van der Waals surface area contributed by atoms with E-state index in [2.05, 4.69) is 0 Å². The fourth-order valence-corrected chi connectivity index (χ4v) is 1.84. The number of rotatable bonds is 3. The molecule has 0 aliphatic carbocycles. The summed E-state index contributed by atoms with van der Waals surface area (Å²) < 4.78 is 38.1. The summed E-state index contributed by atoms with van der Waals surface area (Å²) in [6, 6.07) is 4.82. The van der Waals surface area contributed by atoms with Crippen molar-refractivity contribution >= 4 is 10.2 Å². The molecule has 0 saturated carbocycles. The van der Waals surface area contributed by atoms with E-state index < -0.39 is 16.0 Å². The predicted molar refractivity (Wildman–Crippen MR) is 51.5 cm³/mol. The molecule has 0 atom stereocenters. The fraction of sp³-hybridized carbons (Fsp3) is 0.333. The monoisotopic (exact) mass is 218 g/mol. The van der Waals surface area contributed by atoms with Gasteiger partial charge in [0.1, 0.15) is 11.5 Å². The van der Waals surface area contributed by atoms with Crippen LogP contribution in [0.25, 0.3) is 0 Å². The zero-order valence-corrected chi connectivity index (χ0v) is 8.77. The summed E-state index contributed by atoms with van der Waals surface area (Å²) >= 11 is 0. The van der Waals surface area contributed by atoms with E-state index >= 15 is 0 Å². The van der Waals surface area contributed by atoms with Crippen molar-refractivity contribution in [3.8, 4) is 5.75 Å². The maximum atomic E-state index is 12.4. The summed E-state index contributed by atoms with van der Waals surface area (Å²) in [5.74, 6) is 0.0468. The quantitative estimate of drug-likeness (QED) is 0.726. The highest BCUT2D eigenvalue weighted by molar-refractivity contribution is 7.85. The van der Waals surface area contributed by atoms with Gasteiger partial charge in [-0.1, -0.05) is 6.07 Å². The smallest absolute Gasteiger partial charge is 0.306 e. The Bertz CT molecular complexity index is 426. The molecule has 1 aromatic carbocycles. The van der Waals surface area contributed by atoms with Gasteiger partial charge in [-0.05, 0) is 30.2 Å². The first-order valence-corrected chi connectivity index (χ1v) is 5.53. The standard InChI is InChI=1S/C9H11FO3S/c1-7-5-9(13-2)4-3-8(7)6-14(10,11)12/h3-5H,6H2,1-2H3. The van der Waals surface area contributed by atoms with Gasteiger partial charge in [0, 0.05) is 0 Å². The largest absolute Gasteiger partial charge is 0.497 e. The van der Waals surface area contributed by atoms with Crippen LogP contribution in [0.2, 0.25) is 0 Å². The lowest BCUT2D eigenvalue weighted by Gasteiger charge is -2.05. The molecule has 0 amide bonds. The van der Waals surface area contributed by atoms with Gasteiger partial charge >= 0.3 is 10.2 Å². The normalized spacial score (nSPS) is 11.4. The topological polar surface area (TPSA) is 43.4 Å². The van der Waals surface area contributed by atoms with Gasteiger partial charge < -0.3 is 4.74 Å². The SMILES string of the molecule is COc1ccc(CS(=O)(=O)F)c(C)c1. The molecule has 0 aliphatic heterocycles. The molecular weight excluding hydrogens is 207 g/mol. The van der Waals surface area contributed by atoms with Crippen LogP contribution in [-0.2, 0) is 16.0 Å². The first kappa shape index (κ1) is 11.0. The van der Waals surface area contributed by atoms with E-state index in [1.807, 2.05) is 0 Å². The van der Waals surface area contributed by atoms with Gasteiger partial charge in [0.25, 0.3) is 0 Å². The van der Waals surface area contributed by atoms with Gasteiger partial charge in [0.2, 0.25) is 0 Å². The van der Waals surface area contributed by atoms with Gasteiger partial charge in [0.15, 0.2) is 0 Å². The Kier molecular flexibility index (Phi) is 3.10. The number of halogens is 1. The fourth-order valence-electron chi connectivity index (χ4n) is 1.14. The maximum absolute atomic E-state index is 12.4. The van der Waals surface area contributed by atoms with Crippen LogP contribution in [0, 0.1) is 6.92 Å². The Balaban J connectivity index is 3.01. The molecular formula is C9H11FO3S. The first-order valence-electron chi connectivity index (χ1n) is 3.98. The van der Waals surface area contributed by atoms with Crippen molar-refractivity contribution in [2.75, 3.05) is 7.11 Å². The molecule has 0 fully saturated rings. The van der Waals surface area contributed by atoms with Crippen LogP contribution in [0.1, 0.15) is 11.1 Å². The molecule has 0 radical (unpaired) electrons. The van der Waals surface area contributed by atoms with Gasteiger partial charge in [0.05, 0.1) is 7.11 Å². The molecule has 78 valence electrons. The minimum absolute atomic E-state index is 0.452. The molecule has 5 heteroatoms. The Morgan fingerprint density at radius 2 is 2.07 bits per heavy atom. The molecule has 0 aromatic heterocycles. The molecule has 14 heavy (non-hydrogen) atoms. The van der Waals surface area contributed by atoms with E-state index in [0.29, 0.717) is 16.9 Å². The van der Waals surface area contributed by atoms with E-state index in [9.17, 15) is 12.3 Å². The number of hydrogen-bond acceptors (Lipinski definition) is 3. The number of aryl methyl sites for hydroxylation is 1. The summed E-state index contributed by atoms with van der Waals surface area (Å²) in [4.78, 5) is 0. The second kappa shape index (κ2) is 3.96. The molecule has 0 aliphatic rings. The van der Waals surface area contributed by atoms with Crippen molar-refractivity contribution in [3.05, 3.63) is 29.3 Å². The van der Waals surface area contributed by atoms with Crippen LogP contribution < -0.4 is 4.74 Å². The van der Waals surface area contributed by atoms with Crippen LogP contribution in [0.5, 0.6) is 5.75 Å². The summed E-state index contributed by atoms with van der Waals surface area (Å²) in [6.07, 6.45) is 0. The Morgan fingerprint density at radius 1 is 1.43 bits per heavy atom.